The van der Waals surface area contributed by atoms with Crippen molar-refractivity contribution in [3.8, 4) is 11.4 Å². The molecule has 0 spiro atoms. The predicted octanol–water partition coefficient (Wildman–Crippen LogP) is 6.45. The lowest BCUT2D eigenvalue weighted by Crippen LogP contribution is -2.15. The molecule has 2 heterocycles. The van der Waals surface area contributed by atoms with Gasteiger partial charge in [0, 0.05) is 21.5 Å². The Balaban J connectivity index is 1.23. The minimum absolute atomic E-state index is 0.128. The molecule has 0 bridgehead atoms. The number of aromatic nitrogens is 3. The normalized spacial score (nSPS) is 11.0. The minimum Gasteiger partial charge on any atom is -0.349 e. The van der Waals surface area contributed by atoms with Gasteiger partial charge in [0.25, 0.3) is 11.8 Å². The van der Waals surface area contributed by atoms with Gasteiger partial charge in [-0.1, -0.05) is 77.4 Å². The monoisotopic (exact) mass is 577 g/mol. The Kier molecular flexibility index (Phi) is 7.40. The first-order valence-corrected chi connectivity index (χ1v) is 13.5. The van der Waals surface area contributed by atoms with Gasteiger partial charge in [-0.15, -0.1) is 0 Å². The third-order valence-corrected chi connectivity index (χ3v) is 7.10. The van der Waals surface area contributed by atoms with Crippen molar-refractivity contribution in [3.05, 3.63) is 135 Å². The van der Waals surface area contributed by atoms with Crippen LogP contribution in [0.2, 0.25) is 5.02 Å². The van der Waals surface area contributed by atoms with Gasteiger partial charge in [-0.3, -0.25) is 19.1 Å². The molecule has 0 aliphatic rings. The van der Waals surface area contributed by atoms with Crippen LogP contribution in [0.25, 0.3) is 22.3 Å². The molecule has 6 aromatic rings. The average Bonchev–Trinajstić information content (AvgIpc) is 3.65. The summed E-state index contributed by atoms with van der Waals surface area (Å²) in [4.78, 5) is 43.8. The quantitative estimate of drug-likeness (QED) is 0.165. The van der Waals surface area contributed by atoms with Crippen molar-refractivity contribution in [2.24, 2.45) is 0 Å². The molecule has 0 aliphatic carbocycles. The van der Waals surface area contributed by atoms with Crippen molar-refractivity contribution in [2.75, 3.05) is 10.6 Å². The fourth-order valence-corrected chi connectivity index (χ4v) is 4.98. The number of aryl methyl sites for hydroxylation is 2. The average molecular weight is 578 g/mol. The Labute approximate surface area is 244 Å². The van der Waals surface area contributed by atoms with Crippen molar-refractivity contribution in [2.45, 2.75) is 12.8 Å². The molecule has 0 saturated heterocycles. The Morgan fingerprint density at radius 2 is 1.57 bits per heavy atom. The molecule has 6 rings (SSSR count). The number of H-pyrrole nitrogens is 2. The summed E-state index contributed by atoms with van der Waals surface area (Å²) >= 11 is 6.14. The summed E-state index contributed by atoms with van der Waals surface area (Å²) in [6, 6.07) is 29.6. The van der Waals surface area contributed by atoms with Gasteiger partial charge in [0.15, 0.2) is 5.82 Å². The predicted molar refractivity (Wildman–Crippen MR) is 162 cm³/mol. The number of nitrogens with zero attached hydrogens (tertiary/aromatic N) is 1. The van der Waals surface area contributed by atoms with Crippen LogP contribution >= 0.6 is 11.6 Å². The highest BCUT2D eigenvalue weighted by atomic mass is 35.5. The molecule has 2 amide bonds. The molecule has 4 aromatic carbocycles. The van der Waals surface area contributed by atoms with Crippen LogP contribution in [-0.2, 0) is 12.8 Å². The highest BCUT2D eigenvalue weighted by Gasteiger charge is 2.18. The number of fused-ring (bicyclic) bond motifs is 1. The Morgan fingerprint density at radius 3 is 2.38 bits per heavy atom. The van der Waals surface area contributed by atoms with Crippen molar-refractivity contribution >= 4 is 45.7 Å². The first kappa shape index (κ1) is 26.8. The molecule has 9 nitrogen and oxygen atoms in total. The lowest BCUT2D eigenvalue weighted by Gasteiger charge is -2.11. The van der Waals surface area contributed by atoms with Gasteiger partial charge in [0.2, 0.25) is 0 Å². The van der Waals surface area contributed by atoms with Crippen LogP contribution < -0.4 is 16.4 Å². The highest BCUT2D eigenvalue weighted by molar-refractivity contribution is 6.31. The topological polar surface area (TPSA) is 133 Å². The van der Waals surface area contributed by atoms with E-state index in [1.165, 1.54) is 5.56 Å². The Bertz CT molecular complexity index is 1980. The Hall–Kier alpha value is -5.41. The van der Waals surface area contributed by atoms with Crippen LogP contribution in [0.4, 0.5) is 11.4 Å². The molecule has 0 fully saturated rings. The Morgan fingerprint density at radius 1 is 0.786 bits per heavy atom. The van der Waals surface area contributed by atoms with Crippen LogP contribution in [-0.4, -0.2) is 26.9 Å². The number of halogens is 1. The molecule has 2 aromatic heterocycles. The summed E-state index contributed by atoms with van der Waals surface area (Å²) in [5, 5.41) is 10.7. The fraction of sp³-hybridized carbons (Fsp3) is 0.0625. The summed E-state index contributed by atoms with van der Waals surface area (Å²) in [7, 11) is 0. The number of aromatic amines is 2. The van der Waals surface area contributed by atoms with E-state index in [1.54, 1.807) is 30.3 Å². The minimum atomic E-state index is -0.730. The van der Waals surface area contributed by atoms with Crippen molar-refractivity contribution in [3.63, 3.8) is 0 Å². The second-order valence-electron chi connectivity index (χ2n) is 9.64. The number of nitrogens with one attached hydrogen (secondary N) is 4. The summed E-state index contributed by atoms with van der Waals surface area (Å²) in [5.41, 5.74) is 4.92. The van der Waals surface area contributed by atoms with Gasteiger partial charge < -0.3 is 15.6 Å². The molecule has 0 saturated carbocycles. The number of rotatable bonds is 8. The number of carbonyl (C=O) groups is 2. The number of carbonyl (C=O) groups excluding carboxylic acids is 2. The van der Waals surface area contributed by atoms with Gasteiger partial charge >= 0.3 is 5.76 Å². The van der Waals surface area contributed by atoms with E-state index >= 15 is 0 Å². The van der Waals surface area contributed by atoms with E-state index in [9.17, 15) is 14.4 Å². The molecule has 10 heteroatoms. The highest BCUT2D eigenvalue weighted by Crippen LogP contribution is 2.30. The summed E-state index contributed by atoms with van der Waals surface area (Å²) < 4.78 is 4.60. The maximum absolute atomic E-state index is 13.4. The van der Waals surface area contributed by atoms with Crippen LogP contribution in [0.3, 0.4) is 0 Å². The van der Waals surface area contributed by atoms with E-state index < -0.39 is 11.7 Å². The lowest BCUT2D eigenvalue weighted by molar-refractivity contribution is 0.101. The smallest absolute Gasteiger partial charge is 0.349 e. The number of anilines is 2. The molecule has 208 valence electrons. The maximum atomic E-state index is 13.4. The number of amides is 2. The van der Waals surface area contributed by atoms with Crippen molar-refractivity contribution < 1.29 is 14.1 Å². The molecule has 0 atom stereocenters. The van der Waals surface area contributed by atoms with Gasteiger partial charge in [-0.2, -0.15) is 0 Å². The first-order chi connectivity index (χ1) is 20.4. The van der Waals surface area contributed by atoms with Gasteiger partial charge in [0.1, 0.15) is 5.69 Å². The zero-order valence-corrected chi connectivity index (χ0v) is 22.9. The number of hydrogen-bond acceptors (Lipinski definition) is 5. The number of hydrogen-bond donors (Lipinski definition) is 4. The molecule has 0 unspecified atom stereocenters. The zero-order chi connectivity index (χ0) is 29.1. The van der Waals surface area contributed by atoms with Crippen LogP contribution in [0.1, 0.15) is 32.0 Å². The molecule has 0 aliphatic heterocycles. The van der Waals surface area contributed by atoms with E-state index in [-0.39, 0.29) is 17.4 Å². The van der Waals surface area contributed by atoms with Gasteiger partial charge in [-0.05, 0) is 60.4 Å². The van der Waals surface area contributed by atoms with E-state index in [2.05, 4.69) is 42.4 Å². The summed E-state index contributed by atoms with van der Waals surface area (Å²) in [6.07, 6.45) is 1.54. The standard InChI is InChI=1S/C32H24ClN5O4/c33-22-15-16-25(24(18-22)29-37-32(41)42-38-29)35-31(40)27-17-21-10-6-12-26(28(21)34-27)36-30(39)23-11-5-4-9-20(23)14-13-19-7-2-1-3-8-19/h1-12,15-18,34H,13-14H2,(H,35,40)(H,36,39)(H,37,38,41). The third-order valence-electron chi connectivity index (χ3n) is 6.86. The molecule has 0 radical (unpaired) electrons. The van der Waals surface area contributed by atoms with Crippen molar-refractivity contribution in [1.29, 1.82) is 0 Å². The number of para-hydroxylation sites is 1. The second kappa shape index (κ2) is 11.6. The molecular weight excluding hydrogens is 554 g/mol. The van der Waals surface area contributed by atoms with E-state index in [0.717, 1.165) is 23.8 Å². The van der Waals surface area contributed by atoms with E-state index in [4.69, 9.17) is 11.6 Å². The van der Waals surface area contributed by atoms with Crippen molar-refractivity contribution in [1.82, 2.24) is 15.1 Å². The second-order valence-corrected chi connectivity index (χ2v) is 10.1. The van der Waals surface area contributed by atoms with Gasteiger partial charge in [-0.25, -0.2) is 4.79 Å². The van der Waals surface area contributed by atoms with E-state index in [1.807, 2.05) is 54.6 Å². The maximum Gasteiger partial charge on any atom is 0.439 e. The van der Waals surface area contributed by atoms with Crippen LogP contribution in [0, 0.1) is 0 Å². The zero-order valence-electron chi connectivity index (χ0n) is 22.1. The lowest BCUT2D eigenvalue weighted by atomic mass is 9.99. The fourth-order valence-electron chi connectivity index (χ4n) is 4.81. The first-order valence-electron chi connectivity index (χ1n) is 13.2. The summed E-state index contributed by atoms with van der Waals surface area (Å²) in [6.45, 7) is 0. The van der Waals surface area contributed by atoms with Crippen LogP contribution in [0.15, 0.2) is 106 Å². The van der Waals surface area contributed by atoms with Gasteiger partial charge in [0.05, 0.1) is 16.9 Å². The molecular formula is C32H24ClN5O4. The SMILES string of the molecule is O=C(Nc1ccc(Cl)cc1-c1noc(=O)[nH]1)c1cc2cccc(NC(=O)c3ccccc3CCc3ccccc3)c2[nH]1. The third kappa shape index (κ3) is 5.72. The molecule has 42 heavy (non-hydrogen) atoms. The molecule has 4 N–H and O–H groups in total. The van der Waals surface area contributed by atoms with E-state index in [0.29, 0.717) is 33.0 Å². The summed E-state index contributed by atoms with van der Waals surface area (Å²) in [5.74, 6) is -1.28. The number of benzene rings is 4. The van der Waals surface area contributed by atoms with Crippen LogP contribution in [0.5, 0.6) is 0 Å². The largest absolute Gasteiger partial charge is 0.439 e.